The van der Waals surface area contributed by atoms with Crippen LogP contribution in [0.3, 0.4) is 0 Å². The lowest BCUT2D eigenvalue weighted by Crippen LogP contribution is -2.47. The second-order valence-corrected chi connectivity index (χ2v) is 6.66. The number of Topliss-reactive ketones (excluding diaryl/α,β-unsaturated/α-hetero) is 1. The fourth-order valence-corrected chi connectivity index (χ4v) is 3.99. The minimum absolute atomic E-state index is 0.0585. The number of carbonyl (C=O) groups excluding carboxylic acids is 2. The fraction of sp³-hybridized carbons (Fsp3) is 0.533. The zero-order chi connectivity index (χ0) is 16.4. The van der Waals surface area contributed by atoms with E-state index in [4.69, 9.17) is 5.11 Å². The zero-order valence-electron chi connectivity index (χ0n) is 12.9. The first-order valence-corrected chi connectivity index (χ1v) is 8.29. The molecule has 2 N–H and O–H groups in total. The van der Waals surface area contributed by atoms with Crippen molar-refractivity contribution in [3.63, 3.8) is 0 Å². The highest BCUT2D eigenvalue weighted by Gasteiger charge is 2.32. The van der Waals surface area contributed by atoms with E-state index in [1.807, 2.05) is 0 Å². The van der Waals surface area contributed by atoms with Crippen molar-refractivity contribution in [3.05, 3.63) is 22.5 Å². The molecule has 22 heavy (non-hydrogen) atoms. The number of thioether (sulfide) groups is 1. The number of aromatic amines is 1. The number of aryl methyl sites for hydroxylation is 1. The molecule has 1 saturated heterocycles. The Balaban J connectivity index is 2.31. The Morgan fingerprint density at radius 1 is 1.36 bits per heavy atom. The molecule has 7 heteroatoms. The molecule has 0 bridgehead atoms. The Morgan fingerprint density at radius 3 is 2.59 bits per heavy atom. The minimum Gasteiger partial charge on any atom is -0.481 e. The molecule has 1 aliphatic rings. The Bertz CT molecular complexity index is 623. The van der Waals surface area contributed by atoms with Crippen LogP contribution < -0.4 is 0 Å². The van der Waals surface area contributed by atoms with Gasteiger partial charge in [-0.05, 0) is 26.3 Å². The highest BCUT2D eigenvalue weighted by atomic mass is 32.2. The lowest BCUT2D eigenvalue weighted by atomic mass is 10.1. The molecule has 1 unspecified atom stereocenters. The molecule has 2 heterocycles. The number of carboxylic acids is 1. The number of amides is 1. The number of aliphatic carboxylic acids is 1. The van der Waals surface area contributed by atoms with E-state index in [0.29, 0.717) is 34.8 Å². The molecule has 2 rings (SSSR count). The molecule has 1 atom stereocenters. The summed E-state index contributed by atoms with van der Waals surface area (Å²) in [6.45, 7) is 5.51. The molecular weight excluding hydrogens is 304 g/mol. The van der Waals surface area contributed by atoms with Crippen LogP contribution in [0.2, 0.25) is 0 Å². The highest BCUT2D eigenvalue weighted by molar-refractivity contribution is 7.99. The maximum absolute atomic E-state index is 12.8. The Labute approximate surface area is 133 Å². The third-order valence-corrected chi connectivity index (χ3v) is 4.99. The van der Waals surface area contributed by atoms with Gasteiger partial charge in [0.1, 0.15) is 5.69 Å². The molecule has 120 valence electrons. The number of hydrogen-bond acceptors (Lipinski definition) is 4. The Kier molecular flexibility index (Phi) is 4.95. The summed E-state index contributed by atoms with van der Waals surface area (Å²) in [5, 5.41) is 9.01. The molecule has 0 spiro atoms. The van der Waals surface area contributed by atoms with Crippen molar-refractivity contribution >= 4 is 29.4 Å². The van der Waals surface area contributed by atoms with Gasteiger partial charge in [-0.25, -0.2) is 0 Å². The van der Waals surface area contributed by atoms with Crippen molar-refractivity contribution in [3.8, 4) is 0 Å². The average molecular weight is 324 g/mol. The van der Waals surface area contributed by atoms with Crippen LogP contribution >= 0.6 is 11.8 Å². The maximum atomic E-state index is 12.8. The number of rotatable bonds is 4. The summed E-state index contributed by atoms with van der Waals surface area (Å²) in [5.41, 5.74) is 2.26. The van der Waals surface area contributed by atoms with Crippen LogP contribution in [-0.2, 0) is 4.79 Å². The molecule has 0 aliphatic carbocycles. The third kappa shape index (κ3) is 3.19. The number of H-pyrrole nitrogens is 1. The van der Waals surface area contributed by atoms with Gasteiger partial charge in [-0.2, -0.15) is 11.8 Å². The molecule has 1 aliphatic heterocycles. The summed E-state index contributed by atoms with van der Waals surface area (Å²) in [5.74, 6) is 0.201. The molecular formula is C15H20N2O4S. The van der Waals surface area contributed by atoms with E-state index >= 15 is 0 Å². The Hall–Kier alpha value is -1.76. The summed E-state index contributed by atoms with van der Waals surface area (Å²) >= 11 is 1.66. The largest absolute Gasteiger partial charge is 0.481 e. The van der Waals surface area contributed by atoms with E-state index in [1.165, 1.54) is 6.92 Å². The van der Waals surface area contributed by atoms with Crippen LogP contribution in [0.5, 0.6) is 0 Å². The smallest absolute Gasteiger partial charge is 0.305 e. The number of carboxylic acid groups (broad SMARTS) is 1. The van der Waals surface area contributed by atoms with Gasteiger partial charge in [0, 0.05) is 29.3 Å². The van der Waals surface area contributed by atoms with Gasteiger partial charge in [-0.3, -0.25) is 14.4 Å². The quantitative estimate of drug-likeness (QED) is 0.825. The SMILES string of the molecule is CC(=O)c1c(C)[nH]c(C(=O)N2CCSCC2CC(=O)O)c1C. The Morgan fingerprint density at radius 2 is 2.05 bits per heavy atom. The monoisotopic (exact) mass is 324 g/mol. The minimum atomic E-state index is -0.908. The summed E-state index contributed by atoms with van der Waals surface area (Å²) in [7, 11) is 0. The number of carbonyl (C=O) groups is 3. The number of nitrogens with one attached hydrogen (secondary N) is 1. The van der Waals surface area contributed by atoms with Gasteiger partial charge in [0.05, 0.1) is 12.5 Å². The van der Waals surface area contributed by atoms with Crippen LogP contribution in [0, 0.1) is 13.8 Å². The van der Waals surface area contributed by atoms with E-state index < -0.39 is 5.97 Å². The predicted molar refractivity (Wildman–Crippen MR) is 84.7 cm³/mol. The summed E-state index contributed by atoms with van der Waals surface area (Å²) < 4.78 is 0. The molecule has 1 aromatic rings. The molecule has 1 aromatic heterocycles. The molecule has 0 aromatic carbocycles. The first kappa shape index (κ1) is 16.6. The second kappa shape index (κ2) is 6.56. The van der Waals surface area contributed by atoms with Gasteiger partial charge >= 0.3 is 5.97 Å². The maximum Gasteiger partial charge on any atom is 0.305 e. The number of hydrogen-bond donors (Lipinski definition) is 2. The van der Waals surface area contributed by atoms with Crippen molar-refractivity contribution in [2.75, 3.05) is 18.1 Å². The lowest BCUT2D eigenvalue weighted by Gasteiger charge is -2.34. The first-order valence-electron chi connectivity index (χ1n) is 7.13. The van der Waals surface area contributed by atoms with Crippen LogP contribution in [0.4, 0.5) is 0 Å². The van der Waals surface area contributed by atoms with Crippen LogP contribution in [0.15, 0.2) is 0 Å². The van der Waals surface area contributed by atoms with E-state index in [0.717, 1.165) is 5.75 Å². The highest BCUT2D eigenvalue weighted by Crippen LogP contribution is 2.25. The zero-order valence-corrected chi connectivity index (χ0v) is 13.7. The summed E-state index contributed by atoms with van der Waals surface area (Å²) in [6, 6.07) is -0.312. The van der Waals surface area contributed by atoms with Crippen molar-refractivity contribution < 1.29 is 19.5 Å². The van der Waals surface area contributed by atoms with Gasteiger partial charge in [0.25, 0.3) is 5.91 Å². The van der Waals surface area contributed by atoms with E-state index in [-0.39, 0.29) is 24.2 Å². The van der Waals surface area contributed by atoms with E-state index in [1.54, 1.807) is 30.5 Å². The van der Waals surface area contributed by atoms with Crippen LogP contribution in [0.1, 0.15) is 45.4 Å². The summed E-state index contributed by atoms with van der Waals surface area (Å²) in [6.07, 6.45) is -0.0585. The number of aromatic nitrogens is 1. The normalized spacial score (nSPS) is 18.3. The van der Waals surface area contributed by atoms with Crippen molar-refractivity contribution in [1.29, 1.82) is 0 Å². The van der Waals surface area contributed by atoms with Crippen LogP contribution in [-0.4, -0.2) is 56.7 Å². The van der Waals surface area contributed by atoms with Gasteiger partial charge in [-0.15, -0.1) is 0 Å². The number of ketones is 1. The molecule has 1 fully saturated rings. The summed E-state index contributed by atoms with van der Waals surface area (Å²) in [4.78, 5) is 40.1. The average Bonchev–Trinajstić information content (AvgIpc) is 2.73. The second-order valence-electron chi connectivity index (χ2n) is 5.51. The standard InChI is InChI=1S/C15H20N2O4S/c1-8-13(10(3)18)9(2)16-14(8)15(21)17-4-5-22-7-11(17)6-12(19)20/h11,16H,4-7H2,1-3H3,(H,19,20). The van der Waals surface area contributed by atoms with Gasteiger partial charge in [0.15, 0.2) is 5.78 Å². The van der Waals surface area contributed by atoms with Crippen molar-refractivity contribution in [2.45, 2.75) is 33.2 Å². The van der Waals surface area contributed by atoms with E-state index in [9.17, 15) is 14.4 Å². The first-order chi connectivity index (χ1) is 10.3. The van der Waals surface area contributed by atoms with Gasteiger partial charge in [-0.1, -0.05) is 0 Å². The molecule has 0 radical (unpaired) electrons. The van der Waals surface area contributed by atoms with Gasteiger partial charge < -0.3 is 15.0 Å². The molecule has 6 nitrogen and oxygen atoms in total. The molecule has 1 amide bonds. The molecule has 0 saturated carbocycles. The lowest BCUT2D eigenvalue weighted by molar-refractivity contribution is -0.138. The van der Waals surface area contributed by atoms with Crippen LogP contribution in [0.25, 0.3) is 0 Å². The predicted octanol–water partition coefficient (Wildman–Crippen LogP) is 1.87. The van der Waals surface area contributed by atoms with Crippen molar-refractivity contribution in [2.24, 2.45) is 0 Å². The van der Waals surface area contributed by atoms with Crippen molar-refractivity contribution in [1.82, 2.24) is 9.88 Å². The topological polar surface area (TPSA) is 90.5 Å². The fourth-order valence-electron chi connectivity index (χ4n) is 2.93. The van der Waals surface area contributed by atoms with E-state index in [2.05, 4.69) is 4.98 Å². The third-order valence-electron chi connectivity index (χ3n) is 3.90. The van der Waals surface area contributed by atoms with Gasteiger partial charge in [0.2, 0.25) is 0 Å². The number of nitrogens with zero attached hydrogens (tertiary/aromatic N) is 1.